The van der Waals surface area contributed by atoms with E-state index in [2.05, 4.69) is 9.97 Å². The maximum atomic E-state index is 9.08. The van der Waals surface area contributed by atoms with Crippen molar-refractivity contribution in [1.29, 1.82) is 0 Å². The van der Waals surface area contributed by atoms with Crippen molar-refractivity contribution in [3.05, 3.63) is 42.4 Å². The van der Waals surface area contributed by atoms with Crippen LogP contribution in [-0.2, 0) is 16.1 Å². The van der Waals surface area contributed by atoms with Gasteiger partial charge < -0.3 is 19.3 Å². The molecule has 1 saturated heterocycles. The summed E-state index contributed by atoms with van der Waals surface area (Å²) in [5.74, 6) is 1.18. The molecule has 1 aromatic heterocycles. The fourth-order valence-electron chi connectivity index (χ4n) is 2.18. The van der Waals surface area contributed by atoms with Crippen LogP contribution in [0.3, 0.4) is 0 Å². The van der Waals surface area contributed by atoms with Crippen molar-refractivity contribution in [3.63, 3.8) is 0 Å². The molecule has 0 unspecified atom stereocenters. The van der Waals surface area contributed by atoms with E-state index in [-0.39, 0.29) is 12.7 Å². The van der Waals surface area contributed by atoms with Gasteiger partial charge in [-0.25, -0.2) is 9.97 Å². The molecule has 22 heavy (non-hydrogen) atoms. The molecule has 1 aromatic carbocycles. The SMILES string of the molecule is OCc1nccc(-c2ccc(OC[C@H]3COCCO3)cc2)n1. The lowest BCUT2D eigenvalue weighted by atomic mass is 10.1. The van der Waals surface area contributed by atoms with Crippen LogP contribution >= 0.6 is 0 Å². The van der Waals surface area contributed by atoms with Gasteiger partial charge in [-0.15, -0.1) is 0 Å². The molecule has 1 fully saturated rings. The Morgan fingerprint density at radius 1 is 1.18 bits per heavy atom. The van der Waals surface area contributed by atoms with Crippen molar-refractivity contribution in [1.82, 2.24) is 9.97 Å². The average Bonchev–Trinajstić information content (AvgIpc) is 2.61. The molecule has 0 aliphatic carbocycles. The number of rotatable bonds is 5. The second kappa shape index (κ2) is 7.31. The molecule has 1 aliphatic heterocycles. The van der Waals surface area contributed by atoms with E-state index in [4.69, 9.17) is 19.3 Å². The van der Waals surface area contributed by atoms with Gasteiger partial charge in [-0.1, -0.05) is 0 Å². The number of ether oxygens (including phenoxy) is 3. The quantitative estimate of drug-likeness (QED) is 0.900. The van der Waals surface area contributed by atoms with Crippen LogP contribution in [0, 0.1) is 0 Å². The number of nitrogens with zero attached hydrogens (tertiary/aromatic N) is 2. The fourth-order valence-corrected chi connectivity index (χ4v) is 2.18. The molecule has 0 amide bonds. The molecule has 1 aliphatic rings. The number of aliphatic hydroxyl groups is 1. The second-order valence-electron chi connectivity index (χ2n) is 4.92. The van der Waals surface area contributed by atoms with Gasteiger partial charge in [0.15, 0.2) is 5.82 Å². The topological polar surface area (TPSA) is 73.7 Å². The predicted octanol–water partition coefficient (Wildman–Crippen LogP) is 1.43. The van der Waals surface area contributed by atoms with E-state index in [0.717, 1.165) is 17.0 Å². The van der Waals surface area contributed by atoms with Gasteiger partial charge in [-0.2, -0.15) is 0 Å². The van der Waals surface area contributed by atoms with Crippen LogP contribution in [-0.4, -0.2) is 47.6 Å². The first-order valence-electron chi connectivity index (χ1n) is 7.20. The Morgan fingerprint density at radius 2 is 2.05 bits per heavy atom. The highest BCUT2D eigenvalue weighted by atomic mass is 16.6. The van der Waals surface area contributed by atoms with Crippen molar-refractivity contribution in [2.45, 2.75) is 12.7 Å². The monoisotopic (exact) mass is 302 g/mol. The zero-order valence-electron chi connectivity index (χ0n) is 12.1. The summed E-state index contributed by atoms with van der Waals surface area (Å²) in [6, 6.07) is 9.44. The van der Waals surface area contributed by atoms with Crippen LogP contribution in [0.15, 0.2) is 36.5 Å². The highest BCUT2D eigenvalue weighted by molar-refractivity contribution is 5.59. The summed E-state index contributed by atoms with van der Waals surface area (Å²) in [7, 11) is 0. The minimum absolute atomic E-state index is 0.0117. The van der Waals surface area contributed by atoms with Crippen molar-refractivity contribution in [3.8, 4) is 17.0 Å². The van der Waals surface area contributed by atoms with Gasteiger partial charge in [0.05, 0.1) is 25.5 Å². The first-order valence-corrected chi connectivity index (χ1v) is 7.20. The van der Waals surface area contributed by atoms with Crippen LogP contribution in [0.5, 0.6) is 5.75 Å². The van der Waals surface area contributed by atoms with Gasteiger partial charge in [0.2, 0.25) is 0 Å². The van der Waals surface area contributed by atoms with Crippen LogP contribution in [0.1, 0.15) is 5.82 Å². The third-order valence-corrected chi connectivity index (χ3v) is 3.32. The first-order chi connectivity index (χ1) is 10.8. The largest absolute Gasteiger partial charge is 0.491 e. The van der Waals surface area contributed by atoms with Gasteiger partial charge in [-0.05, 0) is 30.3 Å². The summed E-state index contributed by atoms with van der Waals surface area (Å²) in [5.41, 5.74) is 1.72. The lowest BCUT2D eigenvalue weighted by molar-refractivity contribution is -0.101. The lowest BCUT2D eigenvalue weighted by Crippen LogP contribution is -2.33. The van der Waals surface area contributed by atoms with Gasteiger partial charge >= 0.3 is 0 Å². The predicted molar refractivity (Wildman–Crippen MR) is 79.4 cm³/mol. The van der Waals surface area contributed by atoms with E-state index in [1.807, 2.05) is 30.3 Å². The molecule has 0 bridgehead atoms. The number of benzene rings is 1. The molecule has 0 radical (unpaired) electrons. The molecular weight excluding hydrogens is 284 g/mol. The molecule has 6 heteroatoms. The molecule has 0 spiro atoms. The van der Waals surface area contributed by atoms with E-state index in [1.165, 1.54) is 0 Å². The van der Waals surface area contributed by atoms with E-state index >= 15 is 0 Å². The van der Waals surface area contributed by atoms with Gasteiger partial charge in [0, 0.05) is 11.8 Å². The molecule has 1 atom stereocenters. The number of aliphatic hydroxyl groups excluding tert-OH is 1. The first kappa shape index (κ1) is 14.9. The molecular formula is C16H18N2O4. The number of aromatic nitrogens is 2. The molecule has 116 valence electrons. The zero-order valence-corrected chi connectivity index (χ0v) is 12.1. The van der Waals surface area contributed by atoms with Crippen molar-refractivity contribution in [2.24, 2.45) is 0 Å². The number of hydrogen-bond acceptors (Lipinski definition) is 6. The van der Waals surface area contributed by atoms with Crippen LogP contribution in [0.4, 0.5) is 0 Å². The van der Waals surface area contributed by atoms with Gasteiger partial charge in [-0.3, -0.25) is 0 Å². The van der Waals surface area contributed by atoms with Gasteiger partial charge in [0.25, 0.3) is 0 Å². The average molecular weight is 302 g/mol. The Labute approximate surface area is 128 Å². The second-order valence-corrected chi connectivity index (χ2v) is 4.92. The lowest BCUT2D eigenvalue weighted by Gasteiger charge is -2.22. The minimum atomic E-state index is -0.168. The Balaban J connectivity index is 1.61. The standard InChI is InChI=1S/C16H18N2O4/c19-9-16-17-6-5-15(18-16)12-1-3-13(4-2-12)22-11-14-10-20-7-8-21-14/h1-6,14,19H,7-11H2/t14-/m1/s1. The Kier molecular flexibility index (Phi) is 4.95. The van der Waals surface area contributed by atoms with Crippen molar-refractivity contribution in [2.75, 3.05) is 26.4 Å². The van der Waals surface area contributed by atoms with E-state index in [1.54, 1.807) is 6.20 Å². The summed E-state index contributed by atoms with van der Waals surface area (Å²) < 4.78 is 16.6. The zero-order chi connectivity index (χ0) is 15.2. The van der Waals surface area contributed by atoms with Crippen LogP contribution in [0.2, 0.25) is 0 Å². The summed E-state index contributed by atoms with van der Waals surface area (Å²) in [6.45, 7) is 2.15. The molecule has 2 heterocycles. The summed E-state index contributed by atoms with van der Waals surface area (Å²) in [6.07, 6.45) is 1.63. The normalized spacial score (nSPS) is 18.1. The maximum absolute atomic E-state index is 9.08. The minimum Gasteiger partial charge on any atom is -0.491 e. The van der Waals surface area contributed by atoms with Crippen molar-refractivity contribution >= 4 is 0 Å². The third kappa shape index (κ3) is 3.79. The smallest absolute Gasteiger partial charge is 0.154 e. The highest BCUT2D eigenvalue weighted by Crippen LogP contribution is 2.21. The van der Waals surface area contributed by atoms with E-state index in [0.29, 0.717) is 32.3 Å². The summed E-state index contributed by atoms with van der Waals surface area (Å²) in [4.78, 5) is 8.24. The van der Waals surface area contributed by atoms with Crippen LogP contribution in [0.25, 0.3) is 11.3 Å². The number of hydrogen-bond donors (Lipinski definition) is 1. The van der Waals surface area contributed by atoms with Gasteiger partial charge in [0.1, 0.15) is 25.1 Å². The Morgan fingerprint density at radius 3 is 2.77 bits per heavy atom. The fraction of sp³-hybridized carbons (Fsp3) is 0.375. The van der Waals surface area contributed by atoms with Crippen molar-refractivity contribution < 1.29 is 19.3 Å². The summed E-state index contributed by atoms with van der Waals surface area (Å²) >= 11 is 0. The molecule has 3 rings (SSSR count). The Bertz CT molecular complexity index is 597. The molecule has 1 N–H and O–H groups in total. The third-order valence-electron chi connectivity index (χ3n) is 3.32. The van der Waals surface area contributed by atoms with Crippen LogP contribution < -0.4 is 4.74 Å². The molecule has 0 saturated carbocycles. The van der Waals surface area contributed by atoms with E-state index in [9.17, 15) is 0 Å². The molecule has 2 aromatic rings. The maximum Gasteiger partial charge on any atom is 0.154 e. The highest BCUT2D eigenvalue weighted by Gasteiger charge is 2.14. The Hall–Kier alpha value is -2.02. The summed E-state index contributed by atoms with van der Waals surface area (Å²) in [5, 5.41) is 9.08. The molecule has 6 nitrogen and oxygen atoms in total. The van der Waals surface area contributed by atoms with E-state index < -0.39 is 0 Å².